The van der Waals surface area contributed by atoms with E-state index in [9.17, 15) is 0 Å². The summed E-state index contributed by atoms with van der Waals surface area (Å²) in [5.41, 5.74) is 1.99. The minimum absolute atomic E-state index is 0.608. The van der Waals surface area contributed by atoms with Crippen LogP contribution in [0.25, 0.3) is 0 Å². The molecule has 0 aliphatic rings. The van der Waals surface area contributed by atoms with Crippen molar-refractivity contribution < 1.29 is 9.15 Å². The highest BCUT2D eigenvalue weighted by atomic mass is 16.5. The van der Waals surface area contributed by atoms with Crippen molar-refractivity contribution in [2.75, 3.05) is 26.1 Å². The lowest BCUT2D eigenvalue weighted by atomic mass is 10.2. The molecule has 0 atom stereocenters. The van der Waals surface area contributed by atoms with E-state index in [1.807, 2.05) is 43.3 Å². The summed E-state index contributed by atoms with van der Waals surface area (Å²) in [5, 5.41) is 3.04. The highest BCUT2D eigenvalue weighted by Crippen LogP contribution is 2.21. The van der Waals surface area contributed by atoms with E-state index < -0.39 is 0 Å². The Morgan fingerprint density at radius 2 is 2.16 bits per heavy atom. The van der Waals surface area contributed by atoms with Crippen LogP contribution in [0, 0.1) is 0 Å². The van der Waals surface area contributed by atoms with Crippen LogP contribution in [0.4, 0.5) is 6.01 Å². The predicted octanol–water partition coefficient (Wildman–Crippen LogP) is 2.04. The third kappa shape index (κ3) is 3.26. The Balaban J connectivity index is 2.09. The summed E-state index contributed by atoms with van der Waals surface area (Å²) in [5.74, 6) is 0.872. The summed E-state index contributed by atoms with van der Waals surface area (Å²) in [6.07, 6.45) is 1.67. The molecule has 0 saturated heterocycles. The molecule has 0 aliphatic heterocycles. The fourth-order valence-electron chi connectivity index (χ4n) is 1.89. The molecule has 0 radical (unpaired) electrons. The van der Waals surface area contributed by atoms with E-state index in [4.69, 9.17) is 9.15 Å². The van der Waals surface area contributed by atoms with Gasteiger partial charge in [-0.25, -0.2) is 0 Å². The molecule has 19 heavy (non-hydrogen) atoms. The van der Waals surface area contributed by atoms with E-state index in [1.54, 1.807) is 13.4 Å². The van der Waals surface area contributed by atoms with Crippen LogP contribution in [0.15, 0.2) is 34.9 Å². The van der Waals surface area contributed by atoms with Gasteiger partial charge in [-0.2, -0.15) is 4.98 Å². The largest absolute Gasteiger partial charge is 0.496 e. The molecular formula is C14H19N3O2. The fraction of sp³-hybridized carbons (Fsp3) is 0.357. The summed E-state index contributed by atoms with van der Waals surface area (Å²) in [4.78, 5) is 6.36. The van der Waals surface area contributed by atoms with E-state index in [0.717, 1.165) is 17.0 Å². The van der Waals surface area contributed by atoms with Crippen LogP contribution in [-0.2, 0) is 13.1 Å². The van der Waals surface area contributed by atoms with E-state index in [-0.39, 0.29) is 0 Å². The maximum Gasteiger partial charge on any atom is 0.297 e. The van der Waals surface area contributed by atoms with E-state index in [2.05, 4.69) is 10.3 Å². The molecule has 1 aromatic carbocycles. The molecule has 5 heteroatoms. The first kappa shape index (κ1) is 13.4. The van der Waals surface area contributed by atoms with E-state index in [0.29, 0.717) is 19.1 Å². The van der Waals surface area contributed by atoms with Gasteiger partial charge < -0.3 is 19.4 Å². The summed E-state index contributed by atoms with van der Waals surface area (Å²) in [7, 11) is 5.50. The molecule has 102 valence electrons. The normalized spacial score (nSPS) is 10.5. The highest BCUT2D eigenvalue weighted by molar-refractivity contribution is 5.37. The third-order valence-electron chi connectivity index (χ3n) is 2.82. The first-order valence-electron chi connectivity index (χ1n) is 6.16. The van der Waals surface area contributed by atoms with Gasteiger partial charge in [-0.15, -0.1) is 0 Å². The maximum absolute atomic E-state index is 5.46. The first-order chi connectivity index (χ1) is 9.24. The number of hydrogen-bond donors (Lipinski definition) is 1. The molecule has 5 nitrogen and oxygen atoms in total. The number of oxazole rings is 1. The smallest absolute Gasteiger partial charge is 0.297 e. The summed E-state index contributed by atoms with van der Waals surface area (Å²) < 4.78 is 10.8. The zero-order valence-corrected chi connectivity index (χ0v) is 11.5. The monoisotopic (exact) mass is 261 g/mol. The van der Waals surface area contributed by atoms with Gasteiger partial charge in [0.2, 0.25) is 0 Å². The molecule has 1 heterocycles. The topological polar surface area (TPSA) is 50.5 Å². The van der Waals surface area contributed by atoms with Gasteiger partial charge in [0, 0.05) is 19.2 Å². The second kappa shape index (κ2) is 6.24. The Hall–Kier alpha value is -2.01. The highest BCUT2D eigenvalue weighted by Gasteiger charge is 2.11. The van der Waals surface area contributed by atoms with Gasteiger partial charge in [0.1, 0.15) is 12.0 Å². The molecule has 2 rings (SSSR count). The Kier molecular flexibility index (Phi) is 4.41. The number of benzene rings is 1. The average molecular weight is 261 g/mol. The SMILES string of the molecule is CNCc1coc(N(C)Cc2ccccc2OC)n1. The van der Waals surface area contributed by atoms with Gasteiger partial charge in [0.25, 0.3) is 6.01 Å². The Labute approximate surface area is 113 Å². The number of hydrogen-bond acceptors (Lipinski definition) is 5. The summed E-state index contributed by atoms with van der Waals surface area (Å²) >= 11 is 0. The van der Waals surface area contributed by atoms with Gasteiger partial charge >= 0.3 is 0 Å². The molecular weight excluding hydrogens is 242 g/mol. The van der Waals surface area contributed by atoms with Crippen LogP contribution in [-0.4, -0.2) is 26.2 Å². The molecule has 0 unspecified atom stereocenters. The van der Waals surface area contributed by atoms with Crippen molar-refractivity contribution in [3.8, 4) is 5.75 Å². The minimum atomic E-state index is 0.608. The number of rotatable bonds is 6. The van der Waals surface area contributed by atoms with E-state index in [1.165, 1.54) is 0 Å². The summed E-state index contributed by atoms with van der Waals surface area (Å²) in [6, 6.07) is 8.54. The Bertz CT molecular complexity index is 525. The lowest BCUT2D eigenvalue weighted by Crippen LogP contribution is -2.17. The lowest BCUT2D eigenvalue weighted by Gasteiger charge is -2.16. The molecule has 0 saturated carbocycles. The van der Waals surface area contributed by atoms with Gasteiger partial charge in [-0.3, -0.25) is 0 Å². The van der Waals surface area contributed by atoms with Crippen LogP contribution < -0.4 is 15.0 Å². The third-order valence-corrected chi connectivity index (χ3v) is 2.82. The van der Waals surface area contributed by atoms with Crippen molar-refractivity contribution in [2.24, 2.45) is 0 Å². The number of methoxy groups -OCH3 is 1. The standard InChI is InChI=1S/C14H19N3O2/c1-15-8-12-10-19-14(16-12)17(2)9-11-6-4-5-7-13(11)18-3/h4-7,10,15H,8-9H2,1-3H3. The van der Waals surface area contributed by atoms with Crippen molar-refractivity contribution in [1.29, 1.82) is 0 Å². The van der Waals surface area contributed by atoms with Gasteiger partial charge in [-0.1, -0.05) is 18.2 Å². The van der Waals surface area contributed by atoms with Crippen molar-refractivity contribution in [3.05, 3.63) is 41.8 Å². The zero-order valence-electron chi connectivity index (χ0n) is 11.5. The molecule has 1 aromatic heterocycles. The van der Waals surface area contributed by atoms with Crippen molar-refractivity contribution in [1.82, 2.24) is 10.3 Å². The number of nitrogens with zero attached hydrogens (tertiary/aromatic N) is 2. The molecule has 0 aliphatic carbocycles. The van der Waals surface area contributed by atoms with Gasteiger partial charge in [-0.05, 0) is 13.1 Å². The number of anilines is 1. The van der Waals surface area contributed by atoms with Crippen molar-refractivity contribution in [2.45, 2.75) is 13.1 Å². The Morgan fingerprint density at radius 1 is 1.37 bits per heavy atom. The number of aromatic nitrogens is 1. The predicted molar refractivity (Wildman–Crippen MR) is 74.4 cm³/mol. The van der Waals surface area contributed by atoms with Gasteiger partial charge in [0.05, 0.1) is 19.3 Å². The van der Waals surface area contributed by atoms with E-state index >= 15 is 0 Å². The fourth-order valence-corrected chi connectivity index (χ4v) is 1.89. The Morgan fingerprint density at radius 3 is 2.89 bits per heavy atom. The number of para-hydroxylation sites is 1. The van der Waals surface area contributed by atoms with Crippen molar-refractivity contribution >= 4 is 6.01 Å². The number of nitrogens with one attached hydrogen (secondary N) is 1. The molecule has 1 N–H and O–H groups in total. The minimum Gasteiger partial charge on any atom is -0.496 e. The first-order valence-corrected chi connectivity index (χ1v) is 6.16. The quantitative estimate of drug-likeness (QED) is 0.862. The number of ether oxygens (including phenoxy) is 1. The van der Waals surface area contributed by atoms with Crippen LogP contribution in [0.2, 0.25) is 0 Å². The molecule has 0 amide bonds. The molecule has 0 bridgehead atoms. The van der Waals surface area contributed by atoms with Gasteiger partial charge in [0.15, 0.2) is 0 Å². The summed E-state index contributed by atoms with van der Waals surface area (Å²) in [6.45, 7) is 1.38. The molecule has 0 fully saturated rings. The lowest BCUT2D eigenvalue weighted by molar-refractivity contribution is 0.409. The van der Waals surface area contributed by atoms with Crippen LogP contribution in [0.5, 0.6) is 5.75 Å². The van der Waals surface area contributed by atoms with Crippen molar-refractivity contribution in [3.63, 3.8) is 0 Å². The molecule has 2 aromatic rings. The zero-order chi connectivity index (χ0) is 13.7. The maximum atomic E-state index is 5.46. The van der Waals surface area contributed by atoms with Crippen LogP contribution >= 0.6 is 0 Å². The second-order valence-electron chi connectivity index (χ2n) is 4.32. The second-order valence-corrected chi connectivity index (χ2v) is 4.32. The average Bonchev–Trinajstić information content (AvgIpc) is 2.88. The van der Waals surface area contributed by atoms with Crippen LogP contribution in [0.3, 0.4) is 0 Å². The van der Waals surface area contributed by atoms with Crippen LogP contribution in [0.1, 0.15) is 11.3 Å². The molecule has 0 spiro atoms.